The summed E-state index contributed by atoms with van der Waals surface area (Å²) >= 11 is 0. The Morgan fingerprint density at radius 1 is 0.323 bits per heavy atom. The minimum absolute atomic E-state index is 0.0812. The highest BCUT2D eigenvalue weighted by Gasteiger charge is 2.19. The zero-order chi connectivity index (χ0) is 47.2. The van der Waals surface area contributed by atoms with Crippen molar-refractivity contribution in [3.63, 3.8) is 0 Å². The van der Waals surface area contributed by atoms with Gasteiger partial charge in [0.1, 0.15) is 13.2 Å². The van der Waals surface area contributed by atoms with E-state index in [1.807, 2.05) is 0 Å². The number of carbonyl (C=O) groups is 3. The molecule has 6 heteroatoms. The highest BCUT2D eigenvalue weighted by Crippen LogP contribution is 2.16. The SMILES string of the molecule is CC/C=C\C/C=C\C/C=C\C/C=C\CCCCCCCCC(=O)OCC(COC(=O)CCCCCCC/C=C\CCCC)OC(=O)CCCCCCCCCCCCCCCCCCC. The highest BCUT2D eigenvalue weighted by atomic mass is 16.6. The number of esters is 3. The second kappa shape index (κ2) is 53.7. The van der Waals surface area contributed by atoms with Crippen LogP contribution >= 0.6 is 0 Å². The Balaban J connectivity index is 4.35. The zero-order valence-electron chi connectivity index (χ0n) is 43.0. The summed E-state index contributed by atoms with van der Waals surface area (Å²) in [5.74, 6) is -0.894. The van der Waals surface area contributed by atoms with E-state index < -0.39 is 6.10 Å². The van der Waals surface area contributed by atoms with Crippen molar-refractivity contribution < 1.29 is 28.6 Å². The van der Waals surface area contributed by atoms with Crippen LogP contribution in [0.15, 0.2) is 60.8 Å². The Labute approximate surface area is 402 Å². The molecule has 65 heavy (non-hydrogen) atoms. The fraction of sp³-hybridized carbons (Fsp3) is 0.780. The van der Waals surface area contributed by atoms with Crippen molar-refractivity contribution in [3.05, 3.63) is 60.8 Å². The Kier molecular flexibility index (Phi) is 51.3. The van der Waals surface area contributed by atoms with Crippen molar-refractivity contribution in [2.45, 2.75) is 284 Å². The van der Waals surface area contributed by atoms with Crippen molar-refractivity contribution in [3.8, 4) is 0 Å². The summed E-state index contributed by atoms with van der Waals surface area (Å²) in [6.45, 7) is 6.49. The van der Waals surface area contributed by atoms with Crippen molar-refractivity contribution in [1.29, 1.82) is 0 Å². The monoisotopic (exact) mass is 909 g/mol. The molecule has 0 aliphatic rings. The largest absolute Gasteiger partial charge is 0.462 e. The number of allylic oxidation sites excluding steroid dienone is 10. The van der Waals surface area contributed by atoms with Crippen LogP contribution in [0.1, 0.15) is 278 Å². The van der Waals surface area contributed by atoms with Gasteiger partial charge in [-0.2, -0.15) is 0 Å². The Bertz CT molecular complexity index is 1180. The molecule has 376 valence electrons. The van der Waals surface area contributed by atoms with Crippen molar-refractivity contribution >= 4 is 17.9 Å². The van der Waals surface area contributed by atoms with Crippen LogP contribution in [-0.2, 0) is 28.6 Å². The maximum atomic E-state index is 12.8. The molecule has 0 aliphatic carbocycles. The average Bonchev–Trinajstić information content (AvgIpc) is 3.30. The van der Waals surface area contributed by atoms with Gasteiger partial charge in [0.25, 0.3) is 0 Å². The van der Waals surface area contributed by atoms with Gasteiger partial charge in [0.05, 0.1) is 0 Å². The molecule has 0 aliphatic heterocycles. The lowest BCUT2D eigenvalue weighted by Gasteiger charge is -2.18. The summed E-state index contributed by atoms with van der Waals surface area (Å²) in [7, 11) is 0. The molecular formula is C59H104O6. The first-order valence-corrected chi connectivity index (χ1v) is 27.8. The molecule has 0 saturated heterocycles. The van der Waals surface area contributed by atoms with Gasteiger partial charge in [-0.25, -0.2) is 0 Å². The number of ether oxygens (including phenoxy) is 3. The number of unbranched alkanes of at least 4 members (excludes halogenated alkanes) is 29. The molecule has 0 amide bonds. The molecule has 6 nitrogen and oxygen atoms in total. The molecule has 1 unspecified atom stereocenters. The van der Waals surface area contributed by atoms with Gasteiger partial charge in [-0.05, 0) is 77.0 Å². The molecule has 0 N–H and O–H groups in total. The molecule has 1 atom stereocenters. The van der Waals surface area contributed by atoms with Gasteiger partial charge in [-0.3, -0.25) is 14.4 Å². The topological polar surface area (TPSA) is 78.9 Å². The number of hydrogen-bond donors (Lipinski definition) is 0. The standard InChI is InChI=1S/C59H104O6/c1-4-7-10-13-16-19-22-24-26-28-29-31-32-34-37-40-43-46-49-52-58(61)64-55-56(54-63-57(60)51-48-45-42-39-36-21-18-15-12-9-6-3)65-59(62)53-50-47-44-41-38-35-33-30-27-25-23-20-17-14-11-8-5-2/h7,10,15-16,18-19,24,26,29,31,56H,4-6,8-9,11-14,17,20-23,25,27-28,30,32-55H2,1-3H3/b10-7-,18-15-,19-16-,26-24-,31-29-. The Morgan fingerprint density at radius 3 is 1.00 bits per heavy atom. The van der Waals surface area contributed by atoms with E-state index in [0.29, 0.717) is 19.3 Å². The third-order valence-corrected chi connectivity index (χ3v) is 12.0. The molecule has 0 aromatic rings. The molecular weight excluding hydrogens is 805 g/mol. The maximum absolute atomic E-state index is 12.8. The molecule has 0 rings (SSSR count). The fourth-order valence-electron chi connectivity index (χ4n) is 7.83. The normalized spacial score (nSPS) is 12.5. The summed E-state index contributed by atoms with van der Waals surface area (Å²) in [5, 5.41) is 0. The van der Waals surface area contributed by atoms with Gasteiger partial charge < -0.3 is 14.2 Å². The molecule has 0 saturated carbocycles. The van der Waals surface area contributed by atoms with Crippen LogP contribution in [-0.4, -0.2) is 37.2 Å². The second-order valence-electron chi connectivity index (χ2n) is 18.5. The molecule has 0 heterocycles. The second-order valence-corrected chi connectivity index (χ2v) is 18.5. The summed E-state index contributed by atoms with van der Waals surface area (Å²) < 4.78 is 16.8. The molecule has 0 radical (unpaired) electrons. The lowest BCUT2D eigenvalue weighted by atomic mass is 10.0. The lowest BCUT2D eigenvalue weighted by molar-refractivity contribution is -0.167. The summed E-state index contributed by atoms with van der Waals surface area (Å²) in [5.41, 5.74) is 0. The lowest BCUT2D eigenvalue weighted by Crippen LogP contribution is -2.30. The molecule has 0 aromatic heterocycles. The minimum Gasteiger partial charge on any atom is -0.462 e. The summed E-state index contributed by atoms with van der Waals surface area (Å²) in [4.78, 5) is 38.1. The third kappa shape index (κ3) is 51.9. The van der Waals surface area contributed by atoms with Crippen LogP contribution in [0.25, 0.3) is 0 Å². The Hall–Kier alpha value is -2.89. The van der Waals surface area contributed by atoms with E-state index in [0.717, 1.165) is 96.3 Å². The molecule has 0 bridgehead atoms. The first-order chi connectivity index (χ1) is 32.0. The van der Waals surface area contributed by atoms with Crippen LogP contribution in [0.4, 0.5) is 0 Å². The first-order valence-electron chi connectivity index (χ1n) is 27.8. The van der Waals surface area contributed by atoms with E-state index in [1.165, 1.54) is 141 Å². The summed E-state index contributed by atoms with van der Waals surface area (Å²) in [6, 6.07) is 0. The predicted molar refractivity (Wildman–Crippen MR) is 279 cm³/mol. The first kappa shape index (κ1) is 62.1. The minimum atomic E-state index is -0.781. The van der Waals surface area contributed by atoms with E-state index in [1.54, 1.807) is 0 Å². The molecule has 0 spiro atoms. The summed E-state index contributed by atoms with van der Waals surface area (Å²) in [6.07, 6.45) is 66.4. The van der Waals surface area contributed by atoms with Crippen LogP contribution < -0.4 is 0 Å². The van der Waals surface area contributed by atoms with E-state index in [4.69, 9.17) is 14.2 Å². The molecule has 0 aromatic carbocycles. The Morgan fingerprint density at radius 2 is 0.615 bits per heavy atom. The van der Waals surface area contributed by atoms with Crippen LogP contribution in [0.3, 0.4) is 0 Å². The predicted octanol–water partition coefficient (Wildman–Crippen LogP) is 18.4. The van der Waals surface area contributed by atoms with Gasteiger partial charge in [0.2, 0.25) is 0 Å². The zero-order valence-corrected chi connectivity index (χ0v) is 43.0. The number of carbonyl (C=O) groups excluding carboxylic acids is 3. The average molecular weight is 909 g/mol. The van der Waals surface area contributed by atoms with E-state index in [2.05, 4.69) is 81.5 Å². The van der Waals surface area contributed by atoms with Crippen LogP contribution in [0, 0.1) is 0 Å². The van der Waals surface area contributed by atoms with Gasteiger partial charge in [0, 0.05) is 19.3 Å². The van der Waals surface area contributed by atoms with E-state index in [-0.39, 0.29) is 31.1 Å². The third-order valence-electron chi connectivity index (χ3n) is 12.0. The fourth-order valence-corrected chi connectivity index (χ4v) is 7.83. The van der Waals surface area contributed by atoms with E-state index >= 15 is 0 Å². The van der Waals surface area contributed by atoms with Crippen molar-refractivity contribution in [2.75, 3.05) is 13.2 Å². The quantitative estimate of drug-likeness (QED) is 0.0262. The van der Waals surface area contributed by atoms with Gasteiger partial charge >= 0.3 is 17.9 Å². The number of rotatable bonds is 50. The highest BCUT2D eigenvalue weighted by molar-refractivity contribution is 5.71. The van der Waals surface area contributed by atoms with Crippen LogP contribution in [0.2, 0.25) is 0 Å². The number of hydrogen-bond acceptors (Lipinski definition) is 6. The van der Waals surface area contributed by atoms with Gasteiger partial charge in [0.15, 0.2) is 6.10 Å². The van der Waals surface area contributed by atoms with E-state index in [9.17, 15) is 14.4 Å². The maximum Gasteiger partial charge on any atom is 0.306 e. The van der Waals surface area contributed by atoms with Gasteiger partial charge in [-0.1, -0.05) is 242 Å². The molecule has 0 fully saturated rings. The van der Waals surface area contributed by atoms with Crippen molar-refractivity contribution in [1.82, 2.24) is 0 Å². The van der Waals surface area contributed by atoms with Crippen molar-refractivity contribution in [2.24, 2.45) is 0 Å². The van der Waals surface area contributed by atoms with Gasteiger partial charge in [-0.15, -0.1) is 0 Å². The smallest absolute Gasteiger partial charge is 0.306 e. The van der Waals surface area contributed by atoms with Crippen LogP contribution in [0.5, 0.6) is 0 Å².